The Balaban J connectivity index is 1.67. The minimum Gasteiger partial charge on any atom is -0.493 e. The standard InChI is InChI=1S/C24H28N2O3S2/c1-4-28-23(27)8-6-5-7-19-16-25-17-20(26-19)11-9-18-10-12-22-21(15-18)24(30-2,31-3)13-14-29-22/h10,12,15-17H,4-8,13-14H2,1-3H3. The van der Waals surface area contributed by atoms with E-state index in [2.05, 4.69) is 40.4 Å². The van der Waals surface area contributed by atoms with Gasteiger partial charge in [-0.3, -0.25) is 9.78 Å². The van der Waals surface area contributed by atoms with Gasteiger partial charge in [0.05, 0.1) is 29.2 Å². The molecule has 31 heavy (non-hydrogen) atoms. The molecule has 1 aliphatic heterocycles. The zero-order chi connectivity index (χ0) is 22.1. The number of esters is 1. The molecular weight excluding hydrogens is 428 g/mol. The van der Waals surface area contributed by atoms with Crippen LogP contribution in [-0.2, 0) is 20.0 Å². The van der Waals surface area contributed by atoms with E-state index in [-0.39, 0.29) is 10.0 Å². The number of carbonyl (C=O) groups is 1. The zero-order valence-electron chi connectivity index (χ0n) is 18.3. The van der Waals surface area contributed by atoms with Crippen molar-refractivity contribution in [3.8, 4) is 17.6 Å². The summed E-state index contributed by atoms with van der Waals surface area (Å²) < 4.78 is 10.8. The van der Waals surface area contributed by atoms with Crippen molar-refractivity contribution in [3.05, 3.63) is 53.1 Å². The van der Waals surface area contributed by atoms with Crippen molar-refractivity contribution in [2.24, 2.45) is 0 Å². The van der Waals surface area contributed by atoms with E-state index in [0.29, 0.717) is 18.7 Å². The number of hydrogen-bond donors (Lipinski definition) is 0. The summed E-state index contributed by atoms with van der Waals surface area (Å²) in [6.07, 6.45) is 11.6. The minimum atomic E-state index is -0.143. The number of hydrogen-bond acceptors (Lipinski definition) is 7. The molecule has 0 amide bonds. The minimum absolute atomic E-state index is 0.00848. The van der Waals surface area contributed by atoms with E-state index in [9.17, 15) is 4.79 Å². The van der Waals surface area contributed by atoms with Gasteiger partial charge in [0.15, 0.2) is 0 Å². The Morgan fingerprint density at radius 2 is 2.06 bits per heavy atom. The SMILES string of the molecule is CCOC(=O)CCCCc1cncc(C#Cc2ccc3c(c2)C(SC)(SC)CCO3)n1. The van der Waals surface area contributed by atoms with Gasteiger partial charge in [-0.1, -0.05) is 5.92 Å². The number of benzene rings is 1. The maximum absolute atomic E-state index is 11.4. The first-order chi connectivity index (χ1) is 15.1. The second-order valence-corrected chi connectivity index (χ2v) is 9.60. The fourth-order valence-electron chi connectivity index (χ4n) is 3.50. The first kappa shape index (κ1) is 23.5. The Bertz CT molecular complexity index is 965. The van der Waals surface area contributed by atoms with Crippen LogP contribution in [0.5, 0.6) is 5.75 Å². The smallest absolute Gasteiger partial charge is 0.305 e. The van der Waals surface area contributed by atoms with E-state index < -0.39 is 0 Å². The molecule has 2 heterocycles. The van der Waals surface area contributed by atoms with Crippen LogP contribution in [0.3, 0.4) is 0 Å². The molecule has 0 radical (unpaired) electrons. The van der Waals surface area contributed by atoms with E-state index >= 15 is 0 Å². The van der Waals surface area contributed by atoms with E-state index in [1.165, 1.54) is 5.56 Å². The molecule has 7 heteroatoms. The number of nitrogens with zero attached hydrogens (tertiary/aromatic N) is 2. The second kappa shape index (κ2) is 11.4. The summed E-state index contributed by atoms with van der Waals surface area (Å²) in [5, 5.41) is 0. The molecule has 1 aromatic heterocycles. The number of carbonyl (C=O) groups excluding carboxylic acids is 1. The van der Waals surface area contributed by atoms with Crippen molar-refractivity contribution in [1.82, 2.24) is 9.97 Å². The van der Waals surface area contributed by atoms with Crippen LogP contribution < -0.4 is 4.74 Å². The summed E-state index contributed by atoms with van der Waals surface area (Å²) in [7, 11) is 0. The van der Waals surface area contributed by atoms with Crippen molar-refractivity contribution in [1.29, 1.82) is 0 Å². The third-order valence-electron chi connectivity index (χ3n) is 5.13. The Morgan fingerprint density at radius 1 is 1.23 bits per heavy atom. The maximum atomic E-state index is 11.4. The highest BCUT2D eigenvalue weighted by Crippen LogP contribution is 2.52. The lowest BCUT2D eigenvalue weighted by molar-refractivity contribution is -0.143. The lowest BCUT2D eigenvalue weighted by Crippen LogP contribution is -2.26. The lowest BCUT2D eigenvalue weighted by atomic mass is 10.0. The summed E-state index contributed by atoms with van der Waals surface area (Å²) in [5.74, 6) is 7.18. The highest BCUT2D eigenvalue weighted by Gasteiger charge is 2.36. The van der Waals surface area contributed by atoms with Crippen LogP contribution in [0.4, 0.5) is 0 Å². The van der Waals surface area contributed by atoms with Gasteiger partial charge in [-0.15, -0.1) is 23.5 Å². The summed E-state index contributed by atoms with van der Waals surface area (Å²) in [5.41, 5.74) is 3.68. The van der Waals surface area contributed by atoms with Crippen molar-refractivity contribution >= 4 is 29.5 Å². The number of aromatic nitrogens is 2. The first-order valence-corrected chi connectivity index (χ1v) is 12.9. The number of aryl methyl sites for hydroxylation is 1. The van der Waals surface area contributed by atoms with Gasteiger partial charge in [0.2, 0.25) is 0 Å². The van der Waals surface area contributed by atoms with E-state index in [4.69, 9.17) is 9.47 Å². The number of thioether (sulfide) groups is 2. The van der Waals surface area contributed by atoms with Gasteiger partial charge >= 0.3 is 5.97 Å². The summed E-state index contributed by atoms with van der Waals surface area (Å²) >= 11 is 3.72. The van der Waals surface area contributed by atoms with Crippen molar-refractivity contribution in [3.63, 3.8) is 0 Å². The highest BCUT2D eigenvalue weighted by molar-refractivity contribution is 8.16. The fourth-order valence-corrected chi connectivity index (χ4v) is 5.50. The molecule has 0 saturated carbocycles. The van der Waals surface area contributed by atoms with Crippen LogP contribution in [0.25, 0.3) is 0 Å². The predicted octanol–water partition coefficient (Wildman–Crippen LogP) is 4.81. The molecule has 2 aromatic rings. The lowest BCUT2D eigenvalue weighted by Gasteiger charge is -2.36. The number of unbranched alkanes of at least 4 members (excludes halogenated alkanes) is 1. The fraction of sp³-hybridized carbons (Fsp3) is 0.458. The Labute approximate surface area is 193 Å². The monoisotopic (exact) mass is 456 g/mol. The van der Waals surface area contributed by atoms with Gasteiger partial charge in [-0.25, -0.2) is 4.98 Å². The summed E-state index contributed by atoms with van der Waals surface area (Å²) in [4.78, 5) is 20.3. The maximum Gasteiger partial charge on any atom is 0.305 e. The van der Waals surface area contributed by atoms with Crippen molar-refractivity contribution in [2.45, 2.75) is 43.1 Å². The van der Waals surface area contributed by atoms with Gasteiger partial charge in [0, 0.05) is 30.2 Å². The number of ether oxygens (including phenoxy) is 2. The summed E-state index contributed by atoms with van der Waals surface area (Å²) in [6, 6.07) is 6.15. The molecule has 164 valence electrons. The second-order valence-electron chi connectivity index (χ2n) is 7.13. The van der Waals surface area contributed by atoms with Gasteiger partial charge in [0.25, 0.3) is 0 Å². The quantitative estimate of drug-likeness (QED) is 0.244. The molecule has 1 aliphatic rings. The van der Waals surface area contributed by atoms with Crippen molar-refractivity contribution in [2.75, 3.05) is 25.7 Å². The van der Waals surface area contributed by atoms with E-state index in [1.54, 1.807) is 12.4 Å². The molecule has 0 bridgehead atoms. The van der Waals surface area contributed by atoms with Gasteiger partial charge in [-0.05, 0) is 62.8 Å². The van der Waals surface area contributed by atoms with Crippen LogP contribution in [0.15, 0.2) is 30.6 Å². The molecule has 0 aliphatic carbocycles. The molecule has 0 N–H and O–H groups in total. The van der Waals surface area contributed by atoms with Crippen LogP contribution in [0.2, 0.25) is 0 Å². The summed E-state index contributed by atoms with van der Waals surface area (Å²) in [6.45, 7) is 2.99. The van der Waals surface area contributed by atoms with Gasteiger partial charge in [0.1, 0.15) is 11.4 Å². The van der Waals surface area contributed by atoms with Crippen LogP contribution >= 0.6 is 23.5 Å². The molecule has 3 rings (SSSR count). The predicted molar refractivity (Wildman–Crippen MR) is 127 cm³/mol. The Morgan fingerprint density at radius 3 is 2.84 bits per heavy atom. The largest absolute Gasteiger partial charge is 0.493 e. The van der Waals surface area contributed by atoms with Crippen molar-refractivity contribution < 1.29 is 14.3 Å². The molecule has 0 saturated heterocycles. The number of rotatable bonds is 8. The topological polar surface area (TPSA) is 61.3 Å². The third-order valence-corrected chi connectivity index (χ3v) is 8.29. The van der Waals surface area contributed by atoms with Crippen LogP contribution in [0.1, 0.15) is 55.1 Å². The van der Waals surface area contributed by atoms with Crippen LogP contribution in [-0.4, -0.2) is 41.7 Å². The first-order valence-electron chi connectivity index (χ1n) is 10.5. The molecule has 0 atom stereocenters. The number of fused-ring (bicyclic) bond motifs is 1. The van der Waals surface area contributed by atoms with Gasteiger partial charge in [-0.2, -0.15) is 0 Å². The van der Waals surface area contributed by atoms with Gasteiger partial charge < -0.3 is 9.47 Å². The molecule has 1 aromatic carbocycles. The normalized spacial score (nSPS) is 14.0. The Kier molecular flexibility index (Phi) is 8.68. The molecule has 5 nitrogen and oxygen atoms in total. The van der Waals surface area contributed by atoms with E-state index in [0.717, 1.165) is 49.3 Å². The Hall–Kier alpha value is -2.17. The van der Waals surface area contributed by atoms with Crippen LogP contribution in [0, 0.1) is 11.8 Å². The highest BCUT2D eigenvalue weighted by atomic mass is 32.2. The van der Waals surface area contributed by atoms with E-state index in [1.807, 2.05) is 42.6 Å². The third kappa shape index (κ3) is 6.18. The average molecular weight is 457 g/mol. The average Bonchev–Trinajstić information content (AvgIpc) is 2.80. The molecule has 0 fully saturated rings. The molecule has 0 spiro atoms. The molecule has 0 unspecified atom stereocenters. The molecular formula is C24H28N2O3S2. The zero-order valence-corrected chi connectivity index (χ0v) is 19.9.